The molecule has 1 atom stereocenters. The normalized spacial score (nSPS) is 23.3. The maximum absolute atomic E-state index is 4.52. The van der Waals surface area contributed by atoms with Gasteiger partial charge in [-0.05, 0) is 20.9 Å². The summed E-state index contributed by atoms with van der Waals surface area (Å²) in [7, 11) is 2.17. The van der Waals surface area contributed by atoms with Crippen LogP contribution in [0.5, 0.6) is 0 Å². The van der Waals surface area contributed by atoms with Gasteiger partial charge in [0.15, 0.2) is 0 Å². The zero-order valence-corrected chi connectivity index (χ0v) is 9.80. The molecule has 1 aromatic rings. The lowest BCUT2D eigenvalue weighted by atomic mass is 10.1. The molecule has 0 saturated carbocycles. The molecular weight excluding hydrogens is 188 g/mol. The van der Waals surface area contributed by atoms with Crippen molar-refractivity contribution in [2.24, 2.45) is 0 Å². The Hall–Kier alpha value is -0.870. The van der Waals surface area contributed by atoms with Crippen LogP contribution < -0.4 is 5.32 Å². The highest BCUT2D eigenvalue weighted by Gasteiger charge is 2.18. The van der Waals surface area contributed by atoms with Gasteiger partial charge in [0.2, 0.25) is 0 Å². The predicted molar refractivity (Wildman–Crippen MR) is 61.1 cm³/mol. The van der Waals surface area contributed by atoms with Crippen LogP contribution in [-0.2, 0) is 6.42 Å². The average molecular weight is 208 g/mol. The van der Waals surface area contributed by atoms with Crippen molar-refractivity contribution in [3.05, 3.63) is 17.2 Å². The molecule has 15 heavy (non-hydrogen) atoms. The summed E-state index contributed by atoms with van der Waals surface area (Å²) in [6, 6.07) is 0.536. The zero-order chi connectivity index (χ0) is 10.8. The number of aryl methyl sites for hydroxylation is 2. The van der Waals surface area contributed by atoms with Crippen molar-refractivity contribution in [2.75, 3.05) is 26.7 Å². The number of likely N-dealkylation sites (N-methyl/N-ethyl adjacent to an activating group) is 1. The van der Waals surface area contributed by atoms with Gasteiger partial charge in [0.05, 0.1) is 5.69 Å². The van der Waals surface area contributed by atoms with E-state index in [1.807, 2.05) is 0 Å². The molecular formula is C11H20N4. The van der Waals surface area contributed by atoms with Gasteiger partial charge in [-0.2, -0.15) is 0 Å². The van der Waals surface area contributed by atoms with Gasteiger partial charge in [-0.15, -0.1) is 0 Å². The fourth-order valence-corrected chi connectivity index (χ4v) is 2.08. The highest BCUT2D eigenvalue weighted by molar-refractivity contribution is 5.11. The highest BCUT2D eigenvalue weighted by Crippen LogP contribution is 2.07. The Kier molecular flexibility index (Phi) is 3.07. The van der Waals surface area contributed by atoms with Crippen molar-refractivity contribution >= 4 is 0 Å². The molecule has 4 heteroatoms. The number of hydrogen-bond donors (Lipinski definition) is 2. The Balaban J connectivity index is 1.96. The van der Waals surface area contributed by atoms with Crippen molar-refractivity contribution in [2.45, 2.75) is 26.3 Å². The molecule has 4 nitrogen and oxygen atoms in total. The summed E-state index contributed by atoms with van der Waals surface area (Å²) in [6.45, 7) is 7.47. The van der Waals surface area contributed by atoms with E-state index in [2.05, 4.69) is 41.1 Å². The van der Waals surface area contributed by atoms with Crippen LogP contribution in [0.25, 0.3) is 0 Å². The monoisotopic (exact) mass is 208 g/mol. The SMILES string of the molecule is Cc1nc(CC2CN(C)CCN2)[nH]c1C. The minimum Gasteiger partial charge on any atom is -0.346 e. The number of nitrogens with one attached hydrogen (secondary N) is 2. The topological polar surface area (TPSA) is 44.0 Å². The summed E-state index contributed by atoms with van der Waals surface area (Å²) in [4.78, 5) is 10.2. The molecule has 1 aromatic heterocycles. The molecule has 0 spiro atoms. The van der Waals surface area contributed by atoms with E-state index >= 15 is 0 Å². The van der Waals surface area contributed by atoms with Crippen molar-refractivity contribution in [1.82, 2.24) is 20.2 Å². The van der Waals surface area contributed by atoms with Crippen LogP contribution in [0.3, 0.4) is 0 Å². The van der Waals surface area contributed by atoms with Gasteiger partial charge >= 0.3 is 0 Å². The van der Waals surface area contributed by atoms with Crippen LogP contribution in [0.4, 0.5) is 0 Å². The number of rotatable bonds is 2. The van der Waals surface area contributed by atoms with Crippen LogP contribution in [-0.4, -0.2) is 47.6 Å². The van der Waals surface area contributed by atoms with E-state index in [-0.39, 0.29) is 0 Å². The summed E-state index contributed by atoms with van der Waals surface area (Å²) >= 11 is 0. The van der Waals surface area contributed by atoms with Gasteiger partial charge < -0.3 is 15.2 Å². The summed E-state index contributed by atoms with van der Waals surface area (Å²) in [6.07, 6.45) is 0.999. The molecule has 84 valence electrons. The maximum Gasteiger partial charge on any atom is 0.108 e. The number of aromatic nitrogens is 2. The number of imidazole rings is 1. The van der Waals surface area contributed by atoms with Gasteiger partial charge in [0.25, 0.3) is 0 Å². The molecule has 0 aromatic carbocycles. The third-order valence-corrected chi connectivity index (χ3v) is 3.08. The van der Waals surface area contributed by atoms with E-state index in [1.54, 1.807) is 0 Å². The maximum atomic E-state index is 4.52. The number of piperazine rings is 1. The Bertz CT molecular complexity index is 312. The standard InChI is InChI=1S/C11H20N4/c1-8-9(2)14-11(13-8)6-10-7-15(3)5-4-12-10/h10,12H,4-7H2,1-3H3,(H,13,14). The van der Waals surface area contributed by atoms with E-state index in [0.29, 0.717) is 6.04 Å². The van der Waals surface area contributed by atoms with Crippen LogP contribution in [0.15, 0.2) is 0 Å². The first-order valence-corrected chi connectivity index (χ1v) is 5.59. The Morgan fingerprint density at radius 2 is 2.27 bits per heavy atom. The molecule has 2 rings (SSSR count). The third-order valence-electron chi connectivity index (χ3n) is 3.08. The van der Waals surface area contributed by atoms with Crippen molar-refractivity contribution < 1.29 is 0 Å². The second-order valence-electron chi connectivity index (χ2n) is 4.51. The van der Waals surface area contributed by atoms with Crippen molar-refractivity contribution in [3.8, 4) is 0 Å². The quantitative estimate of drug-likeness (QED) is 0.742. The van der Waals surface area contributed by atoms with Crippen LogP contribution >= 0.6 is 0 Å². The van der Waals surface area contributed by atoms with Crippen molar-refractivity contribution in [3.63, 3.8) is 0 Å². The van der Waals surface area contributed by atoms with Crippen LogP contribution in [0.2, 0.25) is 0 Å². The van der Waals surface area contributed by atoms with E-state index in [4.69, 9.17) is 0 Å². The van der Waals surface area contributed by atoms with Crippen molar-refractivity contribution in [1.29, 1.82) is 0 Å². The fourth-order valence-electron chi connectivity index (χ4n) is 2.08. The molecule has 0 amide bonds. The lowest BCUT2D eigenvalue weighted by molar-refractivity contribution is 0.236. The molecule has 2 heterocycles. The molecule has 1 aliphatic heterocycles. The largest absolute Gasteiger partial charge is 0.346 e. The second kappa shape index (κ2) is 4.33. The Morgan fingerprint density at radius 3 is 2.87 bits per heavy atom. The number of hydrogen-bond acceptors (Lipinski definition) is 3. The Morgan fingerprint density at radius 1 is 1.47 bits per heavy atom. The molecule has 1 saturated heterocycles. The first kappa shape index (κ1) is 10.6. The van der Waals surface area contributed by atoms with Gasteiger partial charge in [0, 0.05) is 37.8 Å². The van der Waals surface area contributed by atoms with Gasteiger partial charge in [-0.1, -0.05) is 0 Å². The summed E-state index contributed by atoms with van der Waals surface area (Å²) < 4.78 is 0. The fraction of sp³-hybridized carbons (Fsp3) is 0.727. The number of aromatic amines is 1. The zero-order valence-electron chi connectivity index (χ0n) is 9.80. The molecule has 0 bridgehead atoms. The minimum atomic E-state index is 0.536. The first-order valence-electron chi connectivity index (χ1n) is 5.59. The second-order valence-corrected chi connectivity index (χ2v) is 4.51. The molecule has 0 aliphatic carbocycles. The molecule has 1 fully saturated rings. The lowest BCUT2D eigenvalue weighted by Gasteiger charge is -2.30. The first-order chi connectivity index (χ1) is 7.15. The summed E-state index contributed by atoms with van der Waals surface area (Å²) in [5, 5.41) is 3.53. The summed E-state index contributed by atoms with van der Waals surface area (Å²) in [5.74, 6) is 1.11. The highest BCUT2D eigenvalue weighted by atomic mass is 15.2. The van der Waals surface area contributed by atoms with Gasteiger partial charge in [0.1, 0.15) is 5.82 Å². The third kappa shape index (κ3) is 2.58. The minimum absolute atomic E-state index is 0.536. The van der Waals surface area contributed by atoms with E-state index < -0.39 is 0 Å². The van der Waals surface area contributed by atoms with Gasteiger partial charge in [-0.25, -0.2) is 4.98 Å². The van der Waals surface area contributed by atoms with Crippen LogP contribution in [0, 0.1) is 13.8 Å². The lowest BCUT2D eigenvalue weighted by Crippen LogP contribution is -2.50. The van der Waals surface area contributed by atoms with Gasteiger partial charge in [-0.3, -0.25) is 0 Å². The van der Waals surface area contributed by atoms with E-state index in [1.165, 1.54) is 5.69 Å². The number of H-pyrrole nitrogens is 1. The molecule has 1 aliphatic rings. The van der Waals surface area contributed by atoms with E-state index in [0.717, 1.165) is 37.6 Å². The predicted octanol–water partition coefficient (Wildman–Crippen LogP) is 0.473. The van der Waals surface area contributed by atoms with Crippen LogP contribution in [0.1, 0.15) is 17.2 Å². The molecule has 1 unspecified atom stereocenters. The number of nitrogens with zero attached hydrogens (tertiary/aromatic N) is 2. The molecule has 0 radical (unpaired) electrons. The van der Waals surface area contributed by atoms with E-state index in [9.17, 15) is 0 Å². The Labute approximate surface area is 91.1 Å². The summed E-state index contributed by atoms with van der Waals surface area (Å²) in [5.41, 5.74) is 2.31. The smallest absolute Gasteiger partial charge is 0.108 e. The molecule has 2 N–H and O–H groups in total. The average Bonchev–Trinajstić information content (AvgIpc) is 2.45.